The van der Waals surface area contributed by atoms with Crippen LogP contribution in [0.25, 0.3) is 0 Å². The molecule has 0 atom stereocenters. The summed E-state index contributed by atoms with van der Waals surface area (Å²) < 4.78 is 4.37. The van der Waals surface area contributed by atoms with Gasteiger partial charge in [0.2, 0.25) is 0 Å². The minimum Gasteiger partial charge on any atom is -0.465 e. The molecule has 1 amide bonds. The van der Waals surface area contributed by atoms with Crippen molar-refractivity contribution in [3.8, 4) is 6.07 Å². The van der Waals surface area contributed by atoms with Crippen LogP contribution in [0.4, 0.5) is 0 Å². The van der Waals surface area contributed by atoms with Crippen LogP contribution in [0.5, 0.6) is 0 Å². The van der Waals surface area contributed by atoms with Crippen LogP contribution in [0.1, 0.15) is 0 Å². The first-order valence-corrected chi connectivity index (χ1v) is 3.95. The molecular formula is C8H9N3O3. The molecule has 1 saturated heterocycles. The monoisotopic (exact) mass is 195 g/mol. The summed E-state index contributed by atoms with van der Waals surface area (Å²) in [7, 11) is 1.15. The fraction of sp³-hybridized carbons (Fsp3) is 0.375. The Hall–Kier alpha value is -2.03. The van der Waals surface area contributed by atoms with Crippen molar-refractivity contribution in [2.75, 3.05) is 20.2 Å². The normalized spacial score (nSPS) is 18.7. The van der Waals surface area contributed by atoms with E-state index in [0.717, 1.165) is 7.11 Å². The summed E-state index contributed by atoms with van der Waals surface area (Å²) in [5.41, 5.74) is -0.324. The highest BCUT2D eigenvalue weighted by molar-refractivity contribution is 6.05. The highest BCUT2D eigenvalue weighted by Crippen LogP contribution is 2.05. The van der Waals surface area contributed by atoms with Gasteiger partial charge in [0.15, 0.2) is 5.57 Å². The first kappa shape index (κ1) is 10.1. The van der Waals surface area contributed by atoms with Crippen molar-refractivity contribution in [1.82, 2.24) is 10.6 Å². The molecule has 1 rings (SSSR count). The van der Waals surface area contributed by atoms with E-state index in [2.05, 4.69) is 15.4 Å². The van der Waals surface area contributed by atoms with Crippen LogP contribution in [-0.2, 0) is 14.3 Å². The Morgan fingerprint density at radius 2 is 2.14 bits per heavy atom. The molecule has 1 aliphatic heterocycles. The van der Waals surface area contributed by atoms with Crippen molar-refractivity contribution in [3.63, 3.8) is 0 Å². The first-order valence-electron chi connectivity index (χ1n) is 3.95. The van der Waals surface area contributed by atoms with Crippen LogP contribution in [0.2, 0.25) is 0 Å². The molecule has 0 aromatic heterocycles. The number of esters is 1. The van der Waals surface area contributed by atoms with Crippen molar-refractivity contribution in [2.24, 2.45) is 0 Å². The number of hydrogen-bond donors (Lipinski definition) is 2. The molecule has 1 fully saturated rings. The Labute approximate surface area is 80.5 Å². The maximum absolute atomic E-state index is 11.2. The molecule has 74 valence electrons. The zero-order chi connectivity index (χ0) is 10.6. The van der Waals surface area contributed by atoms with Crippen LogP contribution < -0.4 is 10.6 Å². The van der Waals surface area contributed by atoms with E-state index in [1.807, 2.05) is 0 Å². The molecule has 0 aromatic carbocycles. The minimum absolute atomic E-state index is 0.0226. The lowest BCUT2D eigenvalue weighted by Gasteiger charge is -2.17. The number of nitrogens with zero attached hydrogens (tertiary/aromatic N) is 1. The molecule has 0 spiro atoms. The molecule has 6 nitrogen and oxygen atoms in total. The van der Waals surface area contributed by atoms with E-state index in [-0.39, 0.29) is 11.3 Å². The predicted octanol–water partition coefficient (Wildman–Crippen LogP) is -1.34. The Morgan fingerprint density at radius 3 is 2.64 bits per heavy atom. The predicted molar refractivity (Wildman–Crippen MR) is 45.7 cm³/mol. The summed E-state index contributed by atoms with van der Waals surface area (Å²) in [5, 5.41) is 13.9. The number of carbonyl (C=O) groups excluding carboxylic acids is 2. The Morgan fingerprint density at radius 1 is 1.50 bits per heavy atom. The summed E-state index contributed by atoms with van der Waals surface area (Å²) in [6.45, 7) is 0.964. The molecule has 0 saturated carbocycles. The first-order chi connectivity index (χ1) is 6.70. The van der Waals surface area contributed by atoms with Gasteiger partial charge in [-0.1, -0.05) is 0 Å². The largest absolute Gasteiger partial charge is 0.465 e. The van der Waals surface area contributed by atoms with Gasteiger partial charge in [-0.2, -0.15) is 5.26 Å². The Balaban J connectivity index is 3.04. The fourth-order valence-corrected chi connectivity index (χ4v) is 1.04. The van der Waals surface area contributed by atoms with Crippen LogP contribution in [-0.4, -0.2) is 32.1 Å². The molecule has 1 aliphatic rings. The van der Waals surface area contributed by atoms with Crippen molar-refractivity contribution in [3.05, 3.63) is 11.3 Å². The molecule has 0 aromatic rings. The SMILES string of the molecule is COC(=O)/C(C#N)=C1\NCCNC1=O. The van der Waals surface area contributed by atoms with Gasteiger partial charge in [0.25, 0.3) is 5.91 Å². The van der Waals surface area contributed by atoms with Gasteiger partial charge in [0, 0.05) is 13.1 Å². The number of methoxy groups -OCH3 is 1. The number of piperazine rings is 1. The van der Waals surface area contributed by atoms with Gasteiger partial charge in [0.1, 0.15) is 11.8 Å². The summed E-state index contributed by atoms with van der Waals surface area (Å²) in [5.74, 6) is -1.27. The number of carbonyl (C=O) groups is 2. The van der Waals surface area contributed by atoms with Crippen LogP contribution in [0.15, 0.2) is 11.3 Å². The zero-order valence-corrected chi connectivity index (χ0v) is 7.59. The average Bonchev–Trinajstić information content (AvgIpc) is 2.21. The highest BCUT2D eigenvalue weighted by Gasteiger charge is 2.23. The maximum atomic E-state index is 11.2. The second kappa shape index (κ2) is 4.28. The van der Waals surface area contributed by atoms with Gasteiger partial charge in [-0.05, 0) is 0 Å². The lowest BCUT2D eigenvalue weighted by atomic mass is 10.2. The van der Waals surface area contributed by atoms with Crippen molar-refractivity contribution >= 4 is 11.9 Å². The number of amides is 1. The van der Waals surface area contributed by atoms with E-state index in [0.29, 0.717) is 13.1 Å². The van der Waals surface area contributed by atoms with Crippen LogP contribution in [0.3, 0.4) is 0 Å². The Bertz CT molecular complexity index is 340. The highest BCUT2D eigenvalue weighted by atomic mass is 16.5. The molecular weight excluding hydrogens is 186 g/mol. The second-order valence-corrected chi connectivity index (χ2v) is 2.54. The topological polar surface area (TPSA) is 91.2 Å². The molecule has 6 heteroatoms. The van der Waals surface area contributed by atoms with Crippen molar-refractivity contribution in [2.45, 2.75) is 0 Å². The maximum Gasteiger partial charge on any atom is 0.350 e. The third-order valence-electron chi connectivity index (χ3n) is 1.69. The average molecular weight is 195 g/mol. The summed E-state index contributed by atoms with van der Waals surface area (Å²) in [6, 6.07) is 1.63. The third kappa shape index (κ3) is 1.82. The summed E-state index contributed by atoms with van der Waals surface area (Å²) in [6.07, 6.45) is 0. The molecule has 14 heavy (non-hydrogen) atoms. The number of ether oxygens (including phenoxy) is 1. The van der Waals surface area contributed by atoms with Gasteiger partial charge in [-0.25, -0.2) is 4.79 Å². The Kier molecular flexibility index (Phi) is 3.07. The number of nitriles is 1. The summed E-state index contributed by atoms with van der Waals surface area (Å²) >= 11 is 0. The van der Waals surface area contributed by atoms with E-state index in [1.165, 1.54) is 0 Å². The lowest BCUT2D eigenvalue weighted by molar-refractivity contribution is -0.136. The van der Waals surface area contributed by atoms with Crippen molar-refractivity contribution in [1.29, 1.82) is 5.26 Å². The fourth-order valence-electron chi connectivity index (χ4n) is 1.04. The standard InChI is InChI=1S/C8H9N3O3/c1-14-8(13)5(4-9)6-7(12)11-3-2-10-6/h10H,2-3H2,1H3,(H,11,12)/b6-5-. The summed E-state index contributed by atoms with van der Waals surface area (Å²) in [4.78, 5) is 22.3. The van der Waals surface area contributed by atoms with E-state index in [9.17, 15) is 9.59 Å². The van der Waals surface area contributed by atoms with Crippen LogP contribution in [0, 0.1) is 11.3 Å². The minimum atomic E-state index is -0.813. The third-order valence-corrected chi connectivity index (χ3v) is 1.69. The van der Waals surface area contributed by atoms with Gasteiger partial charge in [0.05, 0.1) is 7.11 Å². The lowest BCUT2D eigenvalue weighted by Crippen LogP contribution is -2.44. The molecule has 0 bridgehead atoms. The van der Waals surface area contributed by atoms with E-state index in [4.69, 9.17) is 5.26 Å². The smallest absolute Gasteiger partial charge is 0.350 e. The van der Waals surface area contributed by atoms with Gasteiger partial charge in [-0.15, -0.1) is 0 Å². The molecule has 1 heterocycles. The molecule has 0 aliphatic carbocycles. The van der Waals surface area contributed by atoms with E-state index >= 15 is 0 Å². The quantitative estimate of drug-likeness (QED) is 0.307. The number of hydrogen-bond acceptors (Lipinski definition) is 5. The van der Waals surface area contributed by atoms with E-state index < -0.39 is 11.9 Å². The van der Waals surface area contributed by atoms with Gasteiger partial charge in [-0.3, -0.25) is 4.79 Å². The zero-order valence-electron chi connectivity index (χ0n) is 7.59. The van der Waals surface area contributed by atoms with Crippen LogP contribution >= 0.6 is 0 Å². The van der Waals surface area contributed by atoms with Crippen molar-refractivity contribution < 1.29 is 14.3 Å². The van der Waals surface area contributed by atoms with Gasteiger partial charge >= 0.3 is 5.97 Å². The molecule has 0 radical (unpaired) electrons. The second-order valence-electron chi connectivity index (χ2n) is 2.54. The number of nitrogens with one attached hydrogen (secondary N) is 2. The molecule has 0 unspecified atom stereocenters. The van der Waals surface area contributed by atoms with E-state index in [1.54, 1.807) is 6.07 Å². The van der Waals surface area contributed by atoms with Gasteiger partial charge < -0.3 is 15.4 Å². The molecule has 2 N–H and O–H groups in total. The number of rotatable bonds is 1.